The summed E-state index contributed by atoms with van der Waals surface area (Å²) in [4.78, 5) is 29.4. The Kier molecular flexibility index (Phi) is 6.61. The van der Waals surface area contributed by atoms with Gasteiger partial charge >= 0.3 is 0 Å². The number of fused-ring (bicyclic) bond motifs is 1. The number of carbonyl (C=O) groups excluding carboxylic acids is 1. The Labute approximate surface area is 173 Å². The summed E-state index contributed by atoms with van der Waals surface area (Å²) in [5.74, 6) is -0.432. The summed E-state index contributed by atoms with van der Waals surface area (Å²) in [6.07, 6.45) is 2.24. The van der Waals surface area contributed by atoms with Crippen molar-refractivity contribution in [3.8, 4) is 0 Å². The zero-order valence-electron chi connectivity index (χ0n) is 15.7. The fraction of sp³-hybridized carbons (Fsp3) is 0.286. The van der Waals surface area contributed by atoms with Crippen molar-refractivity contribution < 1.29 is 9.18 Å². The molecule has 0 aliphatic carbocycles. The number of halogens is 2. The van der Waals surface area contributed by atoms with Crippen molar-refractivity contribution in [1.82, 2.24) is 20.2 Å². The molecule has 0 bridgehead atoms. The fourth-order valence-electron chi connectivity index (χ4n) is 3.75. The zero-order valence-corrected chi connectivity index (χ0v) is 16.5. The van der Waals surface area contributed by atoms with Gasteiger partial charge in [-0.05, 0) is 42.8 Å². The van der Waals surface area contributed by atoms with E-state index in [0.29, 0.717) is 17.4 Å². The number of hydrogen-bond donors (Lipinski definition) is 2. The highest BCUT2D eigenvalue weighted by molar-refractivity contribution is 5.85. The van der Waals surface area contributed by atoms with Gasteiger partial charge in [-0.15, -0.1) is 12.4 Å². The molecule has 0 radical (unpaired) electrons. The third-order valence-electron chi connectivity index (χ3n) is 5.17. The quantitative estimate of drug-likeness (QED) is 0.683. The maximum atomic E-state index is 13.2. The molecule has 4 rings (SSSR count). The van der Waals surface area contributed by atoms with Crippen LogP contribution in [0.25, 0.3) is 10.9 Å². The minimum atomic E-state index is -0.276. The van der Waals surface area contributed by atoms with Crippen molar-refractivity contribution in [2.24, 2.45) is 0 Å². The molecule has 1 aliphatic rings. The van der Waals surface area contributed by atoms with Gasteiger partial charge in [-0.1, -0.05) is 24.3 Å². The van der Waals surface area contributed by atoms with E-state index in [9.17, 15) is 14.0 Å². The first kappa shape index (κ1) is 21.0. The maximum Gasteiger partial charge on any atom is 0.261 e. The maximum absolute atomic E-state index is 13.2. The van der Waals surface area contributed by atoms with Crippen LogP contribution >= 0.6 is 12.4 Å². The summed E-state index contributed by atoms with van der Waals surface area (Å²) < 4.78 is 14.6. The average Bonchev–Trinajstić information content (AvgIpc) is 2.71. The lowest BCUT2D eigenvalue weighted by Gasteiger charge is -2.33. The molecule has 0 spiro atoms. The molecular formula is C21H22ClFN4O2. The largest absolute Gasteiger partial charge is 0.350 e. The Morgan fingerprint density at radius 2 is 1.97 bits per heavy atom. The number of para-hydroxylation sites is 1. The highest BCUT2D eigenvalue weighted by Gasteiger charge is 2.27. The molecule has 3 aromatic rings. The van der Waals surface area contributed by atoms with E-state index in [-0.39, 0.29) is 48.2 Å². The van der Waals surface area contributed by atoms with Gasteiger partial charge in [0.1, 0.15) is 12.4 Å². The predicted octanol–water partition coefficient (Wildman–Crippen LogP) is 2.22. The Bertz CT molecular complexity index is 1050. The van der Waals surface area contributed by atoms with Crippen molar-refractivity contribution >= 4 is 29.2 Å². The molecule has 2 atom stereocenters. The van der Waals surface area contributed by atoms with E-state index in [4.69, 9.17) is 0 Å². The van der Waals surface area contributed by atoms with Gasteiger partial charge in [-0.3, -0.25) is 14.2 Å². The van der Waals surface area contributed by atoms with Gasteiger partial charge in [0.05, 0.1) is 17.2 Å². The Hall–Kier alpha value is -2.77. The molecule has 2 unspecified atom stereocenters. The molecule has 1 aliphatic heterocycles. The van der Waals surface area contributed by atoms with Crippen LogP contribution in [0.1, 0.15) is 17.9 Å². The van der Waals surface area contributed by atoms with Crippen molar-refractivity contribution in [3.05, 3.63) is 76.6 Å². The molecule has 6 nitrogen and oxygen atoms in total. The van der Waals surface area contributed by atoms with Crippen LogP contribution in [0.3, 0.4) is 0 Å². The second-order valence-corrected chi connectivity index (χ2v) is 7.02. The van der Waals surface area contributed by atoms with Gasteiger partial charge < -0.3 is 10.6 Å². The lowest BCUT2D eigenvalue weighted by Crippen LogP contribution is -2.51. The van der Waals surface area contributed by atoms with Gasteiger partial charge in [0.25, 0.3) is 5.56 Å². The van der Waals surface area contributed by atoms with Crippen LogP contribution in [0.15, 0.2) is 59.7 Å². The normalized spacial score (nSPS) is 18.8. The molecule has 152 valence electrons. The number of benzene rings is 2. The summed E-state index contributed by atoms with van der Waals surface area (Å²) in [7, 11) is 0. The van der Waals surface area contributed by atoms with Crippen molar-refractivity contribution in [1.29, 1.82) is 0 Å². The summed E-state index contributed by atoms with van der Waals surface area (Å²) in [5.41, 5.74) is 1.37. The van der Waals surface area contributed by atoms with E-state index in [1.165, 1.54) is 23.0 Å². The Morgan fingerprint density at radius 1 is 1.21 bits per heavy atom. The topological polar surface area (TPSA) is 76.0 Å². The van der Waals surface area contributed by atoms with Gasteiger partial charge in [-0.25, -0.2) is 9.37 Å². The van der Waals surface area contributed by atoms with E-state index < -0.39 is 0 Å². The van der Waals surface area contributed by atoms with Crippen LogP contribution in [0.2, 0.25) is 0 Å². The van der Waals surface area contributed by atoms with Crippen molar-refractivity contribution in [3.63, 3.8) is 0 Å². The van der Waals surface area contributed by atoms with Crippen LogP contribution in [0.5, 0.6) is 0 Å². The summed E-state index contributed by atoms with van der Waals surface area (Å²) >= 11 is 0. The van der Waals surface area contributed by atoms with E-state index in [2.05, 4.69) is 15.6 Å². The smallest absolute Gasteiger partial charge is 0.261 e. The lowest BCUT2D eigenvalue weighted by atomic mass is 9.86. The van der Waals surface area contributed by atoms with E-state index >= 15 is 0 Å². The van der Waals surface area contributed by atoms with Crippen LogP contribution in [0.4, 0.5) is 4.39 Å². The number of rotatable bonds is 4. The van der Waals surface area contributed by atoms with E-state index in [1.807, 2.05) is 6.07 Å². The molecule has 2 N–H and O–H groups in total. The molecule has 2 aromatic carbocycles. The SMILES string of the molecule is Cl.O=C(Cn1cnc2ccccc2c1=O)NC1CNCCC1c1ccc(F)cc1. The second-order valence-electron chi connectivity index (χ2n) is 7.02. The molecule has 8 heteroatoms. The van der Waals surface area contributed by atoms with Crippen molar-refractivity contribution in [2.75, 3.05) is 13.1 Å². The third-order valence-corrected chi connectivity index (χ3v) is 5.17. The van der Waals surface area contributed by atoms with Crippen LogP contribution in [0, 0.1) is 5.82 Å². The highest BCUT2D eigenvalue weighted by Crippen LogP contribution is 2.25. The summed E-state index contributed by atoms with van der Waals surface area (Å²) in [5, 5.41) is 6.79. The Balaban J connectivity index is 0.00000240. The van der Waals surface area contributed by atoms with Crippen molar-refractivity contribution in [2.45, 2.75) is 24.9 Å². The molecular weight excluding hydrogens is 395 g/mol. The highest BCUT2D eigenvalue weighted by atomic mass is 35.5. The first-order chi connectivity index (χ1) is 13.6. The standard InChI is InChI=1S/C21H21FN4O2.ClH/c22-15-7-5-14(6-8-15)16-9-10-23-11-19(16)25-20(27)12-26-13-24-18-4-2-1-3-17(18)21(26)28;/h1-8,13,16,19,23H,9-12H2,(H,25,27);1H. The first-order valence-electron chi connectivity index (χ1n) is 9.31. The van der Waals surface area contributed by atoms with Crippen LogP contribution < -0.4 is 16.2 Å². The Morgan fingerprint density at radius 3 is 2.76 bits per heavy atom. The van der Waals surface area contributed by atoms with E-state index in [0.717, 1.165) is 18.5 Å². The lowest BCUT2D eigenvalue weighted by molar-refractivity contribution is -0.122. The molecule has 1 amide bonds. The van der Waals surface area contributed by atoms with Gasteiger partial charge in [0.15, 0.2) is 0 Å². The molecule has 1 saturated heterocycles. The van der Waals surface area contributed by atoms with E-state index in [1.54, 1.807) is 30.3 Å². The van der Waals surface area contributed by atoms with Crippen LogP contribution in [-0.2, 0) is 11.3 Å². The monoisotopic (exact) mass is 416 g/mol. The summed E-state index contributed by atoms with van der Waals surface area (Å²) in [6.45, 7) is 1.37. The molecule has 29 heavy (non-hydrogen) atoms. The minimum absolute atomic E-state index is 0. The fourth-order valence-corrected chi connectivity index (χ4v) is 3.75. The zero-order chi connectivity index (χ0) is 19.5. The number of hydrogen-bond acceptors (Lipinski definition) is 4. The average molecular weight is 417 g/mol. The number of amides is 1. The number of carbonyl (C=O) groups is 1. The van der Waals surface area contributed by atoms with Gasteiger partial charge in [0, 0.05) is 18.5 Å². The number of aromatic nitrogens is 2. The molecule has 1 fully saturated rings. The third kappa shape index (κ3) is 4.63. The molecule has 0 saturated carbocycles. The molecule has 2 heterocycles. The number of nitrogens with zero attached hydrogens (tertiary/aromatic N) is 2. The first-order valence-corrected chi connectivity index (χ1v) is 9.31. The predicted molar refractivity (Wildman–Crippen MR) is 112 cm³/mol. The minimum Gasteiger partial charge on any atom is -0.350 e. The van der Waals surface area contributed by atoms with Gasteiger partial charge in [-0.2, -0.15) is 0 Å². The molecule has 1 aromatic heterocycles. The number of nitrogens with one attached hydrogen (secondary N) is 2. The summed E-state index contributed by atoms with van der Waals surface area (Å²) in [6, 6.07) is 13.3. The second kappa shape index (κ2) is 9.15. The van der Waals surface area contributed by atoms with Gasteiger partial charge in [0.2, 0.25) is 5.91 Å². The van der Waals surface area contributed by atoms with Crippen LogP contribution in [-0.4, -0.2) is 34.6 Å². The number of piperidine rings is 1.